The zero-order valence-electron chi connectivity index (χ0n) is 11.4. The predicted molar refractivity (Wildman–Crippen MR) is 75.6 cm³/mol. The Morgan fingerprint density at radius 2 is 1.39 bits per heavy atom. The van der Waals surface area contributed by atoms with E-state index in [1.165, 1.54) is 5.56 Å². The summed E-state index contributed by atoms with van der Waals surface area (Å²) in [7, 11) is 1.65. The van der Waals surface area contributed by atoms with Gasteiger partial charge in [0.1, 0.15) is 17.2 Å². The fraction of sp³-hybridized carbons (Fsp3) is 0.250. The minimum Gasteiger partial charge on any atom is -0.497 e. The molecule has 2 aromatic rings. The maximum absolute atomic E-state index is 5.70. The Morgan fingerprint density at radius 1 is 0.778 bits per heavy atom. The van der Waals surface area contributed by atoms with Crippen molar-refractivity contribution in [2.45, 2.75) is 20.8 Å². The molecule has 96 valence electrons. The minimum atomic E-state index is 0.811. The smallest absolute Gasteiger partial charge is 0.127 e. The highest BCUT2D eigenvalue weighted by molar-refractivity contribution is 5.36. The fourth-order valence-electron chi connectivity index (χ4n) is 1.46. The molecule has 0 amide bonds. The van der Waals surface area contributed by atoms with E-state index >= 15 is 0 Å². The van der Waals surface area contributed by atoms with E-state index < -0.39 is 0 Å². The quantitative estimate of drug-likeness (QED) is 0.770. The van der Waals surface area contributed by atoms with Gasteiger partial charge in [-0.2, -0.15) is 0 Å². The molecule has 0 saturated carbocycles. The molecule has 0 radical (unpaired) electrons. The van der Waals surface area contributed by atoms with Crippen LogP contribution in [0.4, 0.5) is 0 Å². The second kappa shape index (κ2) is 7.38. The molecule has 0 unspecified atom stereocenters. The maximum Gasteiger partial charge on any atom is 0.127 e. The van der Waals surface area contributed by atoms with Crippen LogP contribution in [0.5, 0.6) is 17.2 Å². The van der Waals surface area contributed by atoms with E-state index in [4.69, 9.17) is 9.47 Å². The Kier molecular flexibility index (Phi) is 5.78. The van der Waals surface area contributed by atoms with Gasteiger partial charge >= 0.3 is 0 Å². The Morgan fingerprint density at radius 3 is 1.94 bits per heavy atom. The molecule has 0 aliphatic carbocycles. The zero-order valence-corrected chi connectivity index (χ0v) is 11.4. The third kappa shape index (κ3) is 4.13. The van der Waals surface area contributed by atoms with Crippen LogP contribution in [0.2, 0.25) is 0 Å². The molecule has 0 N–H and O–H groups in total. The van der Waals surface area contributed by atoms with Gasteiger partial charge in [-0.15, -0.1) is 0 Å². The topological polar surface area (TPSA) is 18.5 Å². The molecule has 2 nitrogen and oxygen atoms in total. The average molecular weight is 244 g/mol. The highest BCUT2D eigenvalue weighted by Crippen LogP contribution is 2.24. The molecule has 0 fully saturated rings. The molecule has 0 bridgehead atoms. The van der Waals surface area contributed by atoms with Crippen molar-refractivity contribution in [3.05, 3.63) is 54.1 Å². The van der Waals surface area contributed by atoms with Crippen molar-refractivity contribution in [2.75, 3.05) is 7.11 Å². The van der Waals surface area contributed by atoms with Gasteiger partial charge in [0.05, 0.1) is 7.11 Å². The van der Waals surface area contributed by atoms with Gasteiger partial charge in [-0.1, -0.05) is 26.0 Å². The molecule has 2 rings (SSSR count). The molecule has 0 aliphatic rings. The van der Waals surface area contributed by atoms with Crippen molar-refractivity contribution in [3.63, 3.8) is 0 Å². The van der Waals surface area contributed by atoms with Crippen molar-refractivity contribution >= 4 is 0 Å². The summed E-state index contributed by atoms with van der Waals surface area (Å²) in [4.78, 5) is 0. The van der Waals surface area contributed by atoms with Crippen molar-refractivity contribution < 1.29 is 9.47 Å². The summed E-state index contributed by atoms with van der Waals surface area (Å²) < 4.78 is 10.8. The summed E-state index contributed by atoms with van der Waals surface area (Å²) in [5.41, 5.74) is 1.19. The van der Waals surface area contributed by atoms with Crippen LogP contribution in [0.15, 0.2) is 48.5 Å². The molecular weight excluding hydrogens is 224 g/mol. The molecule has 0 atom stereocenters. The summed E-state index contributed by atoms with van der Waals surface area (Å²) in [5, 5.41) is 0. The first-order chi connectivity index (χ1) is 8.78. The molecule has 2 heteroatoms. The largest absolute Gasteiger partial charge is 0.497 e. The zero-order chi connectivity index (χ0) is 13.4. The molecule has 2 aromatic carbocycles. The monoisotopic (exact) mass is 244 g/mol. The summed E-state index contributed by atoms with van der Waals surface area (Å²) >= 11 is 0. The fourth-order valence-corrected chi connectivity index (χ4v) is 1.46. The third-order valence-corrected chi connectivity index (χ3v) is 2.28. The maximum atomic E-state index is 5.70. The molecule has 0 aliphatic heterocycles. The lowest BCUT2D eigenvalue weighted by Gasteiger charge is -2.06. The van der Waals surface area contributed by atoms with Gasteiger partial charge < -0.3 is 9.47 Å². The molecule has 0 heterocycles. The number of methoxy groups -OCH3 is 1. The van der Waals surface area contributed by atoms with Crippen LogP contribution in [0, 0.1) is 6.92 Å². The van der Waals surface area contributed by atoms with Gasteiger partial charge in [0.2, 0.25) is 0 Å². The second-order valence-corrected chi connectivity index (χ2v) is 3.59. The second-order valence-electron chi connectivity index (χ2n) is 3.59. The van der Waals surface area contributed by atoms with E-state index in [1.807, 2.05) is 69.3 Å². The Bertz CT molecular complexity index is 461. The van der Waals surface area contributed by atoms with Gasteiger partial charge in [-0.3, -0.25) is 0 Å². The van der Waals surface area contributed by atoms with E-state index in [0.29, 0.717) is 0 Å². The van der Waals surface area contributed by atoms with Gasteiger partial charge in [-0.25, -0.2) is 0 Å². The third-order valence-electron chi connectivity index (χ3n) is 2.28. The van der Waals surface area contributed by atoms with E-state index in [-0.39, 0.29) is 0 Å². The van der Waals surface area contributed by atoms with E-state index in [2.05, 4.69) is 0 Å². The van der Waals surface area contributed by atoms with Crippen molar-refractivity contribution in [1.82, 2.24) is 0 Å². The standard InChI is InChI=1S/C14H14O2.C2H6/c1-11-4-3-5-14(10-11)16-13-8-6-12(15-2)7-9-13;1-2/h3-10H,1-2H3;1-2H3. The van der Waals surface area contributed by atoms with E-state index in [1.54, 1.807) is 7.11 Å². The number of rotatable bonds is 3. The Labute approximate surface area is 109 Å². The summed E-state index contributed by atoms with van der Waals surface area (Å²) in [6, 6.07) is 15.5. The summed E-state index contributed by atoms with van der Waals surface area (Å²) in [5.74, 6) is 2.49. The number of hydrogen-bond donors (Lipinski definition) is 0. The van der Waals surface area contributed by atoms with Crippen LogP contribution in [0.1, 0.15) is 19.4 Å². The van der Waals surface area contributed by atoms with Crippen LogP contribution in [-0.4, -0.2) is 7.11 Å². The molecule has 0 spiro atoms. The molecular formula is C16H20O2. The van der Waals surface area contributed by atoms with E-state index in [0.717, 1.165) is 17.2 Å². The highest BCUT2D eigenvalue weighted by Gasteiger charge is 1.97. The first-order valence-corrected chi connectivity index (χ1v) is 6.16. The van der Waals surface area contributed by atoms with Crippen molar-refractivity contribution in [2.24, 2.45) is 0 Å². The lowest BCUT2D eigenvalue weighted by molar-refractivity contribution is 0.413. The van der Waals surface area contributed by atoms with Crippen molar-refractivity contribution in [1.29, 1.82) is 0 Å². The van der Waals surface area contributed by atoms with Crippen LogP contribution >= 0.6 is 0 Å². The van der Waals surface area contributed by atoms with Crippen LogP contribution in [0.3, 0.4) is 0 Å². The van der Waals surface area contributed by atoms with Gasteiger partial charge in [0.15, 0.2) is 0 Å². The molecule has 18 heavy (non-hydrogen) atoms. The molecule has 0 aromatic heterocycles. The van der Waals surface area contributed by atoms with Crippen LogP contribution < -0.4 is 9.47 Å². The first kappa shape index (κ1) is 14.1. The minimum absolute atomic E-state index is 0.811. The lowest BCUT2D eigenvalue weighted by atomic mass is 10.2. The lowest BCUT2D eigenvalue weighted by Crippen LogP contribution is -1.86. The predicted octanol–water partition coefficient (Wildman–Crippen LogP) is 4.82. The number of ether oxygens (including phenoxy) is 2. The number of hydrogen-bond acceptors (Lipinski definition) is 2. The summed E-state index contributed by atoms with van der Waals surface area (Å²) in [6.07, 6.45) is 0. The average Bonchev–Trinajstić information content (AvgIpc) is 2.42. The van der Waals surface area contributed by atoms with E-state index in [9.17, 15) is 0 Å². The molecule has 0 saturated heterocycles. The number of benzene rings is 2. The Balaban J connectivity index is 0.000000771. The number of aryl methyl sites for hydroxylation is 1. The van der Waals surface area contributed by atoms with Crippen LogP contribution in [0.25, 0.3) is 0 Å². The normalized spacial score (nSPS) is 9.11. The van der Waals surface area contributed by atoms with Gasteiger partial charge in [-0.05, 0) is 48.9 Å². The van der Waals surface area contributed by atoms with Gasteiger partial charge in [0, 0.05) is 0 Å². The highest BCUT2D eigenvalue weighted by atomic mass is 16.5. The van der Waals surface area contributed by atoms with Gasteiger partial charge in [0.25, 0.3) is 0 Å². The van der Waals surface area contributed by atoms with Crippen molar-refractivity contribution in [3.8, 4) is 17.2 Å². The van der Waals surface area contributed by atoms with Crippen LogP contribution in [-0.2, 0) is 0 Å². The first-order valence-electron chi connectivity index (χ1n) is 6.16. The Hall–Kier alpha value is -1.96. The summed E-state index contributed by atoms with van der Waals surface area (Å²) in [6.45, 7) is 6.04. The SMILES string of the molecule is CC.COc1ccc(Oc2cccc(C)c2)cc1.